The summed E-state index contributed by atoms with van der Waals surface area (Å²) in [5, 5.41) is 10.8. The van der Waals surface area contributed by atoms with Crippen LogP contribution in [0.2, 0.25) is 0 Å². The van der Waals surface area contributed by atoms with Crippen LogP contribution in [0, 0.1) is 6.92 Å². The Balaban J connectivity index is 2.00. The van der Waals surface area contributed by atoms with Gasteiger partial charge in [0.2, 0.25) is 0 Å². The zero-order valence-corrected chi connectivity index (χ0v) is 13.1. The molecule has 0 amide bonds. The van der Waals surface area contributed by atoms with Crippen LogP contribution in [0.4, 0.5) is 0 Å². The number of nitrogens with zero attached hydrogens (tertiary/aromatic N) is 1. The molecule has 0 saturated carbocycles. The summed E-state index contributed by atoms with van der Waals surface area (Å²) in [6.45, 7) is 2.05. The molecule has 1 aliphatic carbocycles. The molecule has 0 saturated heterocycles. The summed E-state index contributed by atoms with van der Waals surface area (Å²) < 4.78 is 1.05. The van der Waals surface area contributed by atoms with Crippen LogP contribution < -0.4 is 0 Å². The third kappa shape index (κ3) is 2.40. The minimum Gasteiger partial charge on any atom is -0.388 e. The zero-order chi connectivity index (χ0) is 14.1. The smallest absolute Gasteiger partial charge is 0.0876 e. The second-order valence-electron chi connectivity index (χ2n) is 5.45. The number of pyridine rings is 1. The highest BCUT2D eigenvalue weighted by Gasteiger charge is 2.29. The van der Waals surface area contributed by atoms with Gasteiger partial charge in [-0.1, -0.05) is 34.1 Å². The van der Waals surface area contributed by atoms with Crippen LogP contribution in [0.5, 0.6) is 0 Å². The van der Waals surface area contributed by atoms with E-state index in [9.17, 15) is 5.11 Å². The van der Waals surface area contributed by atoms with Crippen LogP contribution in [-0.4, -0.2) is 10.1 Å². The average molecular weight is 332 g/mol. The van der Waals surface area contributed by atoms with Crippen LogP contribution in [0.3, 0.4) is 0 Å². The Morgan fingerprint density at radius 1 is 1.30 bits per heavy atom. The van der Waals surface area contributed by atoms with Gasteiger partial charge >= 0.3 is 0 Å². The Kier molecular flexibility index (Phi) is 3.90. The summed E-state index contributed by atoms with van der Waals surface area (Å²) in [7, 11) is 0. The van der Waals surface area contributed by atoms with E-state index in [1.165, 1.54) is 5.56 Å². The molecule has 2 aromatic rings. The number of aliphatic hydroxyl groups is 1. The number of aryl methyl sites for hydroxylation is 1. The van der Waals surface area contributed by atoms with E-state index in [-0.39, 0.29) is 5.92 Å². The van der Waals surface area contributed by atoms with Crippen molar-refractivity contribution in [3.8, 4) is 0 Å². The van der Waals surface area contributed by atoms with E-state index >= 15 is 0 Å². The van der Waals surface area contributed by atoms with Gasteiger partial charge in [-0.3, -0.25) is 4.98 Å². The molecule has 2 nitrogen and oxygen atoms in total. The lowest BCUT2D eigenvalue weighted by Crippen LogP contribution is -2.19. The van der Waals surface area contributed by atoms with Crippen molar-refractivity contribution >= 4 is 15.9 Å². The number of hydrogen-bond acceptors (Lipinski definition) is 2. The second-order valence-corrected chi connectivity index (χ2v) is 6.30. The van der Waals surface area contributed by atoms with Crippen molar-refractivity contribution < 1.29 is 5.11 Å². The van der Waals surface area contributed by atoms with E-state index in [4.69, 9.17) is 0 Å². The molecule has 1 N–H and O–H groups in total. The van der Waals surface area contributed by atoms with E-state index in [1.807, 2.05) is 37.4 Å². The molecule has 0 bridgehead atoms. The van der Waals surface area contributed by atoms with Crippen molar-refractivity contribution in [2.45, 2.75) is 38.2 Å². The fourth-order valence-electron chi connectivity index (χ4n) is 3.11. The molecule has 3 rings (SSSR count). The molecule has 2 unspecified atom stereocenters. The van der Waals surface area contributed by atoms with Crippen LogP contribution in [0.1, 0.15) is 47.2 Å². The number of fused-ring (bicyclic) bond motifs is 1. The van der Waals surface area contributed by atoms with Crippen molar-refractivity contribution in [1.29, 1.82) is 0 Å². The van der Waals surface area contributed by atoms with Crippen molar-refractivity contribution in [3.05, 3.63) is 63.4 Å². The molecule has 0 radical (unpaired) electrons. The van der Waals surface area contributed by atoms with Crippen LogP contribution in [0.15, 0.2) is 41.0 Å². The number of rotatable bonds is 2. The minimum absolute atomic E-state index is 0.105. The Morgan fingerprint density at radius 2 is 2.15 bits per heavy atom. The summed E-state index contributed by atoms with van der Waals surface area (Å²) in [4.78, 5) is 4.53. The molecule has 1 aromatic carbocycles. The fraction of sp³-hybridized carbons (Fsp3) is 0.353. The maximum Gasteiger partial charge on any atom is 0.0876 e. The molecule has 0 fully saturated rings. The third-order valence-electron chi connectivity index (χ3n) is 4.25. The number of benzene rings is 1. The largest absolute Gasteiger partial charge is 0.388 e. The Hall–Kier alpha value is -1.19. The molecule has 2 atom stereocenters. The van der Waals surface area contributed by atoms with Crippen molar-refractivity contribution in [2.24, 2.45) is 0 Å². The van der Waals surface area contributed by atoms with Crippen LogP contribution in [0.25, 0.3) is 0 Å². The zero-order valence-electron chi connectivity index (χ0n) is 11.5. The molecule has 0 aliphatic heterocycles. The van der Waals surface area contributed by atoms with Gasteiger partial charge in [-0.15, -0.1) is 0 Å². The summed E-state index contributed by atoms with van der Waals surface area (Å²) in [6, 6.07) is 10.1. The van der Waals surface area contributed by atoms with Crippen LogP contribution in [-0.2, 0) is 6.42 Å². The number of aliphatic hydroxyl groups excluding tert-OH is 1. The lowest BCUT2D eigenvalue weighted by molar-refractivity contribution is 0.133. The summed E-state index contributed by atoms with van der Waals surface area (Å²) in [6.07, 6.45) is 4.54. The minimum atomic E-state index is -0.485. The highest BCUT2D eigenvalue weighted by molar-refractivity contribution is 9.10. The molecule has 20 heavy (non-hydrogen) atoms. The van der Waals surface area contributed by atoms with Gasteiger partial charge in [-0.2, -0.15) is 0 Å². The standard InChI is InChI=1S/C17H18BrNO/c1-11-13(7-3-9-15(11)18)17(20)14-8-2-5-12-6-4-10-19-16(12)14/h3-4,6-7,9-10,14,17,20H,2,5,8H2,1H3. The Morgan fingerprint density at radius 3 is 3.00 bits per heavy atom. The van der Waals surface area contributed by atoms with Gasteiger partial charge in [-0.25, -0.2) is 0 Å². The van der Waals surface area contributed by atoms with Gasteiger partial charge in [0.1, 0.15) is 0 Å². The van der Waals surface area contributed by atoms with E-state index in [0.717, 1.165) is 40.6 Å². The second kappa shape index (κ2) is 5.66. The van der Waals surface area contributed by atoms with E-state index < -0.39 is 6.10 Å². The molecule has 1 aliphatic rings. The summed E-state index contributed by atoms with van der Waals surface area (Å²) in [5.41, 5.74) is 4.48. The lowest BCUT2D eigenvalue weighted by atomic mass is 9.80. The predicted molar refractivity (Wildman–Crippen MR) is 83.8 cm³/mol. The van der Waals surface area contributed by atoms with Gasteiger partial charge in [0.15, 0.2) is 0 Å². The first-order chi connectivity index (χ1) is 9.68. The maximum atomic E-state index is 10.8. The van der Waals surface area contributed by atoms with Crippen molar-refractivity contribution in [3.63, 3.8) is 0 Å². The molecular weight excluding hydrogens is 314 g/mol. The van der Waals surface area contributed by atoms with E-state index in [0.29, 0.717) is 0 Å². The Bertz CT molecular complexity index is 626. The van der Waals surface area contributed by atoms with Gasteiger partial charge in [-0.05, 0) is 55.0 Å². The fourth-order valence-corrected chi connectivity index (χ4v) is 3.50. The summed E-state index contributed by atoms with van der Waals surface area (Å²) >= 11 is 3.54. The Labute approximate surface area is 128 Å². The predicted octanol–water partition coefficient (Wildman–Crippen LogP) is 4.31. The van der Waals surface area contributed by atoms with Crippen molar-refractivity contribution in [1.82, 2.24) is 4.98 Å². The molecule has 3 heteroatoms. The molecule has 104 valence electrons. The maximum absolute atomic E-state index is 10.8. The summed E-state index contributed by atoms with van der Waals surface area (Å²) in [5.74, 6) is 0.105. The number of hydrogen-bond donors (Lipinski definition) is 1. The SMILES string of the molecule is Cc1c(Br)cccc1C(O)C1CCCc2cccnc21. The molecule has 1 aromatic heterocycles. The number of halogens is 1. The topological polar surface area (TPSA) is 33.1 Å². The highest BCUT2D eigenvalue weighted by atomic mass is 79.9. The highest BCUT2D eigenvalue weighted by Crippen LogP contribution is 2.40. The first-order valence-electron chi connectivity index (χ1n) is 7.05. The van der Waals surface area contributed by atoms with Gasteiger partial charge < -0.3 is 5.11 Å². The van der Waals surface area contributed by atoms with Crippen molar-refractivity contribution in [2.75, 3.05) is 0 Å². The molecular formula is C17H18BrNO. The van der Waals surface area contributed by atoms with Gasteiger partial charge in [0.05, 0.1) is 6.10 Å². The first kappa shape index (κ1) is 13.8. The number of aromatic nitrogens is 1. The monoisotopic (exact) mass is 331 g/mol. The third-order valence-corrected chi connectivity index (χ3v) is 5.11. The van der Waals surface area contributed by atoms with Gasteiger partial charge in [0, 0.05) is 22.3 Å². The lowest BCUT2D eigenvalue weighted by Gasteiger charge is -2.29. The molecule has 1 heterocycles. The van der Waals surface area contributed by atoms with E-state index in [1.54, 1.807) is 0 Å². The quantitative estimate of drug-likeness (QED) is 0.889. The first-order valence-corrected chi connectivity index (χ1v) is 7.84. The van der Waals surface area contributed by atoms with Gasteiger partial charge in [0.25, 0.3) is 0 Å². The molecule has 0 spiro atoms. The van der Waals surface area contributed by atoms with Crippen LogP contribution >= 0.6 is 15.9 Å². The average Bonchev–Trinajstić information content (AvgIpc) is 2.49. The van der Waals surface area contributed by atoms with E-state index in [2.05, 4.69) is 27.0 Å². The normalized spacial score (nSPS) is 19.4.